The maximum Gasteiger partial charge on any atom is 0.233 e. The molecule has 0 amide bonds. The molecule has 64 valence electrons. The SMILES string of the molecule is Oc1nccnc1C1CCCC1. The molecule has 1 saturated carbocycles. The fraction of sp³-hybridized carbons (Fsp3) is 0.556. The van der Waals surface area contributed by atoms with Gasteiger partial charge >= 0.3 is 0 Å². The van der Waals surface area contributed by atoms with Crippen LogP contribution in [-0.2, 0) is 0 Å². The van der Waals surface area contributed by atoms with Crippen LogP contribution in [0, 0.1) is 0 Å². The van der Waals surface area contributed by atoms with Gasteiger partial charge in [0.25, 0.3) is 0 Å². The van der Waals surface area contributed by atoms with Crippen LogP contribution < -0.4 is 0 Å². The van der Waals surface area contributed by atoms with Gasteiger partial charge in [0.15, 0.2) is 0 Å². The standard InChI is InChI=1S/C9H12N2O/c12-9-8(10-5-6-11-9)7-3-1-2-4-7/h5-7H,1-4H2,(H,11,12). The first-order valence-corrected chi connectivity index (χ1v) is 4.38. The lowest BCUT2D eigenvalue weighted by Gasteiger charge is -2.07. The van der Waals surface area contributed by atoms with Crippen LogP contribution in [0.1, 0.15) is 37.3 Å². The Labute approximate surface area is 71.5 Å². The molecule has 0 spiro atoms. The van der Waals surface area contributed by atoms with Crippen molar-refractivity contribution in [1.29, 1.82) is 0 Å². The normalized spacial score (nSPS) is 18.3. The zero-order valence-corrected chi connectivity index (χ0v) is 6.90. The molecule has 2 rings (SSSR count). The Morgan fingerprint density at radius 1 is 1.17 bits per heavy atom. The second-order valence-corrected chi connectivity index (χ2v) is 3.25. The molecular weight excluding hydrogens is 152 g/mol. The molecule has 1 aliphatic rings. The third kappa shape index (κ3) is 1.26. The summed E-state index contributed by atoms with van der Waals surface area (Å²) >= 11 is 0. The number of aromatic nitrogens is 2. The van der Waals surface area contributed by atoms with E-state index in [1.165, 1.54) is 19.0 Å². The van der Waals surface area contributed by atoms with Crippen molar-refractivity contribution in [3.63, 3.8) is 0 Å². The highest BCUT2D eigenvalue weighted by Crippen LogP contribution is 2.35. The molecule has 12 heavy (non-hydrogen) atoms. The van der Waals surface area contributed by atoms with Gasteiger partial charge in [-0.15, -0.1) is 0 Å². The van der Waals surface area contributed by atoms with Gasteiger partial charge in [0, 0.05) is 18.3 Å². The van der Waals surface area contributed by atoms with E-state index in [0.29, 0.717) is 5.92 Å². The lowest BCUT2D eigenvalue weighted by molar-refractivity contribution is 0.433. The molecule has 0 bridgehead atoms. The molecule has 1 aliphatic carbocycles. The van der Waals surface area contributed by atoms with Crippen molar-refractivity contribution in [3.8, 4) is 5.88 Å². The van der Waals surface area contributed by atoms with E-state index in [9.17, 15) is 5.11 Å². The number of rotatable bonds is 1. The molecule has 0 atom stereocenters. The van der Waals surface area contributed by atoms with Crippen LogP contribution in [-0.4, -0.2) is 15.1 Å². The van der Waals surface area contributed by atoms with Gasteiger partial charge in [0.05, 0.1) is 0 Å². The van der Waals surface area contributed by atoms with Crippen LogP contribution >= 0.6 is 0 Å². The van der Waals surface area contributed by atoms with Crippen molar-refractivity contribution in [2.45, 2.75) is 31.6 Å². The quantitative estimate of drug-likeness (QED) is 0.688. The van der Waals surface area contributed by atoms with Crippen molar-refractivity contribution in [2.24, 2.45) is 0 Å². The minimum atomic E-state index is 0.115. The Kier molecular flexibility index (Phi) is 1.94. The average Bonchev–Trinajstić information content (AvgIpc) is 2.57. The third-order valence-electron chi connectivity index (χ3n) is 2.45. The summed E-state index contributed by atoms with van der Waals surface area (Å²) in [6.45, 7) is 0. The van der Waals surface area contributed by atoms with Gasteiger partial charge in [-0.2, -0.15) is 0 Å². The smallest absolute Gasteiger partial charge is 0.233 e. The van der Waals surface area contributed by atoms with E-state index < -0.39 is 0 Å². The summed E-state index contributed by atoms with van der Waals surface area (Å²) in [6.07, 6.45) is 7.96. The summed E-state index contributed by atoms with van der Waals surface area (Å²) < 4.78 is 0. The van der Waals surface area contributed by atoms with Crippen molar-refractivity contribution in [1.82, 2.24) is 9.97 Å². The van der Waals surface area contributed by atoms with Gasteiger partial charge < -0.3 is 5.11 Å². The van der Waals surface area contributed by atoms with Crippen LogP contribution in [0.15, 0.2) is 12.4 Å². The Hall–Kier alpha value is -1.12. The third-order valence-corrected chi connectivity index (χ3v) is 2.45. The van der Waals surface area contributed by atoms with Crippen LogP contribution in [0.2, 0.25) is 0 Å². The summed E-state index contributed by atoms with van der Waals surface area (Å²) in [5, 5.41) is 9.40. The highest BCUT2D eigenvalue weighted by atomic mass is 16.3. The van der Waals surface area contributed by atoms with E-state index in [2.05, 4.69) is 9.97 Å². The largest absolute Gasteiger partial charge is 0.492 e. The average molecular weight is 164 g/mol. The molecule has 1 fully saturated rings. The molecular formula is C9H12N2O. The zero-order chi connectivity index (χ0) is 8.39. The Morgan fingerprint density at radius 2 is 1.83 bits per heavy atom. The molecule has 3 nitrogen and oxygen atoms in total. The fourth-order valence-electron chi connectivity index (χ4n) is 1.83. The molecule has 0 aromatic carbocycles. The monoisotopic (exact) mass is 164 g/mol. The van der Waals surface area contributed by atoms with E-state index in [1.807, 2.05) is 0 Å². The minimum absolute atomic E-state index is 0.115. The van der Waals surface area contributed by atoms with Gasteiger partial charge in [-0.25, -0.2) is 4.98 Å². The first-order valence-electron chi connectivity index (χ1n) is 4.38. The predicted octanol–water partition coefficient (Wildman–Crippen LogP) is 1.84. The second kappa shape index (κ2) is 3.09. The van der Waals surface area contributed by atoms with E-state index in [1.54, 1.807) is 6.20 Å². The summed E-state index contributed by atoms with van der Waals surface area (Å²) in [5.74, 6) is 0.558. The minimum Gasteiger partial charge on any atom is -0.492 e. The van der Waals surface area contributed by atoms with Crippen LogP contribution in [0.4, 0.5) is 0 Å². The van der Waals surface area contributed by atoms with Crippen molar-refractivity contribution < 1.29 is 5.11 Å². The highest BCUT2D eigenvalue weighted by Gasteiger charge is 2.21. The number of hydrogen-bond acceptors (Lipinski definition) is 3. The molecule has 0 unspecified atom stereocenters. The second-order valence-electron chi connectivity index (χ2n) is 3.25. The molecule has 0 saturated heterocycles. The van der Waals surface area contributed by atoms with Crippen LogP contribution in [0.5, 0.6) is 5.88 Å². The van der Waals surface area contributed by atoms with Crippen LogP contribution in [0.3, 0.4) is 0 Å². The van der Waals surface area contributed by atoms with Gasteiger partial charge in [0.1, 0.15) is 5.69 Å². The molecule has 0 radical (unpaired) electrons. The summed E-state index contributed by atoms with van der Waals surface area (Å²) in [7, 11) is 0. The first-order chi connectivity index (χ1) is 5.88. The number of nitrogens with zero attached hydrogens (tertiary/aromatic N) is 2. The molecule has 1 aromatic heterocycles. The van der Waals surface area contributed by atoms with Gasteiger partial charge in [0.2, 0.25) is 5.88 Å². The van der Waals surface area contributed by atoms with E-state index in [0.717, 1.165) is 18.5 Å². The van der Waals surface area contributed by atoms with E-state index in [-0.39, 0.29) is 5.88 Å². The lowest BCUT2D eigenvalue weighted by Crippen LogP contribution is -1.97. The van der Waals surface area contributed by atoms with Crippen molar-refractivity contribution in [3.05, 3.63) is 18.1 Å². The van der Waals surface area contributed by atoms with Crippen molar-refractivity contribution in [2.75, 3.05) is 0 Å². The lowest BCUT2D eigenvalue weighted by atomic mass is 10.0. The van der Waals surface area contributed by atoms with E-state index in [4.69, 9.17) is 0 Å². The zero-order valence-electron chi connectivity index (χ0n) is 6.90. The Morgan fingerprint density at radius 3 is 2.50 bits per heavy atom. The summed E-state index contributed by atoms with van der Waals surface area (Å²) in [5.41, 5.74) is 0.787. The van der Waals surface area contributed by atoms with Gasteiger partial charge in [-0.3, -0.25) is 4.98 Å². The number of hydrogen-bond donors (Lipinski definition) is 1. The number of aromatic hydroxyl groups is 1. The molecule has 1 aromatic rings. The Bertz CT molecular complexity index is 269. The molecule has 0 aliphatic heterocycles. The Balaban J connectivity index is 2.26. The summed E-state index contributed by atoms with van der Waals surface area (Å²) in [6, 6.07) is 0. The van der Waals surface area contributed by atoms with Crippen molar-refractivity contribution >= 4 is 0 Å². The van der Waals surface area contributed by atoms with E-state index >= 15 is 0 Å². The summed E-state index contributed by atoms with van der Waals surface area (Å²) in [4.78, 5) is 7.96. The maximum absolute atomic E-state index is 9.40. The molecule has 1 heterocycles. The molecule has 3 heteroatoms. The first kappa shape index (κ1) is 7.53. The maximum atomic E-state index is 9.40. The topological polar surface area (TPSA) is 46.0 Å². The van der Waals surface area contributed by atoms with Gasteiger partial charge in [-0.05, 0) is 12.8 Å². The fourth-order valence-corrected chi connectivity index (χ4v) is 1.83. The highest BCUT2D eigenvalue weighted by molar-refractivity contribution is 5.20. The van der Waals surface area contributed by atoms with Crippen LogP contribution in [0.25, 0.3) is 0 Å². The molecule has 1 N–H and O–H groups in total. The predicted molar refractivity (Wildman–Crippen MR) is 44.9 cm³/mol. The van der Waals surface area contributed by atoms with Gasteiger partial charge in [-0.1, -0.05) is 12.8 Å².